The van der Waals surface area contributed by atoms with Crippen molar-refractivity contribution in [3.63, 3.8) is 0 Å². The van der Waals surface area contributed by atoms with Gasteiger partial charge in [-0.05, 0) is 64.2 Å². The number of phosphoric acid groups is 2. The fourth-order valence-corrected chi connectivity index (χ4v) is 13.1. The molecule has 0 amide bonds. The average molecular weight is 1460 g/mol. The Kier molecular flexibility index (Phi) is 72.1. The zero-order chi connectivity index (χ0) is 73.2. The predicted molar refractivity (Wildman–Crippen MR) is 409 cm³/mol. The number of esters is 4. The highest BCUT2D eigenvalue weighted by Crippen LogP contribution is 2.45. The maximum atomic E-state index is 13.1. The van der Waals surface area contributed by atoms with Gasteiger partial charge in [0.25, 0.3) is 0 Å². The van der Waals surface area contributed by atoms with Crippen molar-refractivity contribution in [1.29, 1.82) is 0 Å². The number of hydrogen-bond acceptors (Lipinski definition) is 15. The van der Waals surface area contributed by atoms with Gasteiger partial charge in [-0.2, -0.15) is 0 Å². The molecule has 0 aliphatic heterocycles. The monoisotopic (exact) mass is 1460 g/mol. The molecule has 0 saturated carbocycles. The largest absolute Gasteiger partial charge is 0.472 e. The summed E-state index contributed by atoms with van der Waals surface area (Å²) in [7, 11) is -9.94. The fraction of sp³-hybridized carbons (Fsp3) is 0.852. The predicted octanol–water partition coefficient (Wildman–Crippen LogP) is 23.7. The molecule has 3 N–H and O–H groups in total. The third-order valence-corrected chi connectivity index (χ3v) is 19.7. The second kappa shape index (κ2) is 74.3. The minimum atomic E-state index is -4.98. The van der Waals surface area contributed by atoms with Crippen LogP contribution in [0.4, 0.5) is 0 Å². The first-order valence-electron chi connectivity index (χ1n) is 40.9. The van der Waals surface area contributed by atoms with Gasteiger partial charge in [-0.3, -0.25) is 37.3 Å². The van der Waals surface area contributed by atoms with Crippen LogP contribution in [0.5, 0.6) is 0 Å². The normalized spacial score (nSPS) is 14.1. The van der Waals surface area contributed by atoms with Gasteiger partial charge in [0.15, 0.2) is 12.2 Å². The molecule has 0 aromatic carbocycles. The number of phosphoric ester groups is 2. The Balaban J connectivity index is 5.34. The van der Waals surface area contributed by atoms with Crippen LogP contribution >= 0.6 is 15.6 Å². The van der Waals surface area contributed by atoms with Crippen molar-refractivity contribution in [3.8, 4) is 0 Å². The molecule has 19 heteroatoms. The van der Waals surface area contributed by atoms with E-state index < -0.39 is 97.5 Å². The zero-order valence-electron chi connectivity index (χ0n) is 64.1. The molecule has 17 nitrogen and oxygen atoms in total. The van der Waals surface area contributed by atoms with Crippen LogP contribution in [-0.4, -0.2) is 96.7 Å². The van der Waals surface area contributed by atoms with Crippen LogP contribution in [0.1, 0.15) is 387 Å². The molecule has 0 saturated heterocycles. The van der Waals surface area contributed by atoms with Crippen molar-refractivity contribution in [2.45, 2.75) is 406 Å². The van der Waals surface area contributed by atoms with Crippen molar-refractivity contribution in [2.75, 3.05) is 39.6 Å². The van der Waals surface area contributed by atoms with E-state index in [0.29, 0.717) is 32.1 Å². The third kappa shape index (κ3) is 73.3. The number of aliphatic hydroxyl groups is 1. The Morgan fingerprint density at radius 1 is 0.280 bits per heavy atom. The number of aliphatic hydroxyl groups excluding tert-OH is 1. The number of allylic oxidation sites excluding steroid dienone is 8. The average Bonchev–Trinajstić information content (AvgIpc) is 0.965. The summed E-state index contributed by atoms with van der Waals surface area (Å²) in [5.74, 6) is -2.19. The van der Waals surface area contributed by atoms with E-state index in [1.54, 1.807) is 0 Å². The van der Waals surface area contributed by atoms with E-state index in [-0.39, 0.29) is 25.7 Å². The first-order valence-corrected chi connectivity index (χ1v) is 43.9. The van der Waals surface area contributed by atoms with Crippen molar-refractivity contribution in [2.24, 2.45) is 0 Å². The molecule has 0 aliphatic rings. The van der Waals surface area contributed by atoms with Crippen LogP contribution in [-0.2, 0) is 65.4 Å². The number of unbranched alkanes of at least 4 members (excludes halogenated alkanes) is 44. The molecule has 0 spiro atoms. The highest BCUT2D eigenvalue weighted by Gasteiger charge is 2.30. The quantitative estimate of drug-likeness (QED) is 0.0169. The number of carbonyl (C=O) groups is 4. The number of hydrogen-bond donors (Lipinski definition) is 3. The summed E-state index contributed by atoms with van der Waals surface area (Å²) in [4.78, 5) is 73.0. The van der Waals surface area contributed by atoms with Crippen LogP contribution in [0.25, 0.3) is 0 Å². The first-order chi connectivity index (χ1) is 48.7. The van der Waals surface area contributed by atoms with Crippen LogP contribution in [0, 0.1) is 0 Å². The summed E-state index contributed by atoms with van der Waals surface area (Å²) in [6.07, 6.45) is 72.3. The lowest BCUT2D eigenvalue weighted by atomic mass is 10.0. The van der Waals surface area contributed by atoms with Gasteiger partial charge in [-0.15, -0.1) is 0 Å². The highest BCUT2D eigenvalue weighted by atomic mass is 31.2. The SMILES string of the molecule is CCCCC/C=C\C/C=C\C/C=C\C/C=C\CCCC(=O)OC[C@H](COP(=O)(O)OC[C@H](O)COP(=O)(O)OC[C@@H](COC(=O)CCCCCCCCCCCCCCCCC)OC(=O)CCCCCCCCCCCCCCCCC)OC(=O)CCCCCCCCCCCCCCC. The number of carbonyl (C=O) groups excluding carboxylic acids is 4. The third-order valence-electron chi connectivity index (χ3n) is 17.8. The Bertz CT molecular complexity index is 2080. The molecule has 2 unspecified atom stereocenters. The summed E-state index contributed by atoms with van der Waals surface area (Å²) < 4.78 is 68.6. The van der Waals surface area contributed by atoms with Gasteiger partial charge in [-0.1, -0.05) is 346 Å². The maximum Gasteiger partial charge on any atom is 0.472 e. The zero-order valence-corrected chi connectivity index (χ0v) is 65.9. The van der Waals surface area contributed by atoms with Crippen LogP contribution in [0.3, 0.4) is 0 Å². The Labute approximate surface area is 610 Å². The van der Waals surface area contributed by atoms with Crippen molar-refractivity contribution in [1.82, 2.24) is 0 Å². The molecule has 0 aliphatic carbocycles. The Hall–Kier alpha value is -2.98. The van der Waals surface area contributed by atoms with E-state index in [1.165, 1.54) is 205 Å². The number of rotatable bonds is 78. The molecule has 0 bridgehead atoms. The van der Waals surface area contributed by atoms with E-state index >= 15 is 0 Å². The van der Waals surface area contributed by atoms with Gasteiger partial charge in [0.05, 0.1) is 26.4 Å². The minimum Gasteiger partial charge on any atom is -0.462 e. The van der Waals surface area contributed by atoms with E-state index in [4.69, 9.17) is 37.0 Å². The van der Waals surface area contributed by atoms with Crippen LogP contribution in [0.15, 0.2) is 48.6 Å². The molecule has 0 rings (SSSR count). The molecular weight excluding hydrogens is 1310 g/mol. The number of ether oxygens (including phenoxy) is 4. The summed E-state index contributed by atoms with van der Waals surface area (Å²) in [6.45, 7) is 4.89. The maximum absolute atomic E-state index is 13.1. The lowest BCUT2D eigenvalue weighted by Gasteiger charge is -2.21. The summed E-state index contributed by atoms with van der Waals surface area (Å²) in [5, 5.41) is 10.6. The second-order valence-corrected chi connectivity index (χ2v) is 30.6. The summed E-state index contributed by atoms with van der Waals surface area (Å²) >= 11 is 0. The van der Waals surface area contributed by atoms with E-state index in [9.17, 15) is 43.2 Å². The summed E-state index contributed by atoms with van der Waals surface area (Å²) in [6, 6.07) is 0. The smallest absolute Gasteiger partial charge is 0.462 e. The van der Waals surface area contributed by atoms with Gasteiger partial charge in [-0.25, -0.2) is 9.13 Å². The van der Waals surface area contributed by atoms with E-state index in [2.05, 4.69) is 64.2 Å². The summed E-state index contributed by atoms with van der Waals surface area (Å²) in [5.41, 5.74) is 0. The molecule has 586 valence electrons. The minimum absolute atomic E-state index is 0.0909. The van der Waals surface area contributed by atoms with E-state index in [0.717, 1.165) is 96.3 Å². The van der Waals surface area contributed by atoms with Gasteiger partial charge < -0.3 is 33.8 Å². The second-order valence-electron chi connectivity index (χ2n) is 27.7. The van der Waals surface area contributed by atoms with Gasteiger partial charge in [0.2, 0.25) is 0 Å². The van der Waals surface area contributed by atoms with Crippen LogP contribution < -0.4 is 0 Å². The Morgan fingerprint density at radius 2 is 0.500 bits per heavy atom. The van der Waals surface area contributed by atoms with E-state index in [1.807, 2.05) is 12.2 Å². The molecular formula is C81H150O17P2. The van der Waals surface area contributed by atoms with Gasteiger partial charge in [0.1, 0.15) is 19.3 Å². The molecule has 100 heavy (non-hydrogen) atoms. The van der Waals surface area contributed by atoms with Crippen LogP contribution in [0.2, 0.25) is 0 Å². The van der Waals surface area contributed by atoms with Crippen molar-refractivity contribution in [3.05, 3.63) is 48.6 Å². The molecule has 0 aromatic rings. The van der Waals surface area contributed by atoms with Crippen molar-refractivity contribution >= 4 is 39.5 Å². The molecule has 0 heterocycles. The Morgan fingerprint density at radius 3 is 0.790 bits per heavy atom. The standard InChI is InChI=1S/C81H150O17P2/c1-5-9-13-17-21-25-29-33-36-37-40-43-46-50-54-58-62-66-79(84)92-71-76(97-80(85)67-63-59-55-51-47-41-32-28-24-20-16-12-8-4)73-95-99(87,88)93-69-75(82)70-94-100(89,90)96-74-77(98-81(86)68-64-60-56-52-48-44-39-35-31-27-23-19-15-11-7-3)72-91-78(83)65-61-57-53-49-45-42-38-34-30-26-22-18-14-10-6-2/h21,25,33,36,40,43,50,54,75-77,82H,5-20,22-24,26-32,34-35,37-39,41-42,44-49,51-53,55-74H2,1-4H3,(H,87,88)(H,89,90)/b25-21-,36-33-,43-40-,54-50-/t75-,76+,77+/m0/s1. The lowest BCUT2D eigenvalue weighted by molar-refractivity contribution is -0.161. The highest BCUT2D eigenvalue weighted by molar-refractivity contribution is 7.47. The molecule has 0 fully saturated rings. The topological polar surface area (TPSA) is 237 Å². The van der Waals surface area contributed by atoms with Crippen molar-refractivity contribution < 1.29 is 80.2 Å². The van der Waals surface area contributed by atoms with Gasteiger partial charge >= 0.3 is 39.5 Å². The molecule has 0 radical (unpaired) electrons. The molecule has 0 aromatic heterocycles. The van der Waals surface area contributed by atoms with Gasteiger partial charge in [0, 0.05) is 25.7 Å². The fourth-order valence-electron chi connectivity index (χ4n) is 11.6. The lowest BCUT2D eigenvalue weighted by Crippen LogP contribution is -2.30. The first kappa shape index (κ1) is 97.0. The molecule has 5 atom stereocenters.